The van der Waals surface area contributed by atoms with Gasteiger partial charge in [0.1, 0.15) is 0 Å². The van der Waals surface area contributed by atoms with Crippen molar-refractivity contribution < 1.29 is 14.5 Å². The number of non-ortho nitro benzene ring substituents is 1. The predicted molar refractivity (Wildman–Crippen MR) is 121 cm³/mol. The molecule has 31 heavy (non-hydrogen) atoms. The van der Waals surface area contributed by atoms with Gasteiger partial charge >= 0.3 is 0 Å². The number of carbonyl (C=O) groups excluding carboxylic acids is 2. The van der Waals surface area contributed by atoms with Gasteiger partial charge in [0.25, 0.3) is 11.6 Å². The largest absolute Gasteiger partial charge is 0.322 e. The SMILES string of the molecule is CCCCN1C(=O)c2cccc3c(NC(=O)/C=C/c4cccc([N+](=O)[O-])c4)ccc1c23. The van der Waals surface area contributed by atoms with Crippen LogP contribution < -0.4 is 10.2 Å². The minimum Gasteiger partial charge on any atom is -0.322 e. The third-order valence-corrected chi connectivity index (χ3v) is 5.29. The molecule has 1 aliphatic rings. The lowest BCUT2D eigenvalue weighted by atomic mass is 10.0. The summed E-state index contributed by atoms with van der Waals surface area (Å²) in [4.78, 5) is 37.5. The number of rotatable bonds is 7. The molecule has 0 unspecified atom stereocenters. The predicted octanol–water partition coefficient (Wildman–Crippen LogP) is 5.16. The maximum Gasteiger partial charge on any atom is 0.270 e. The molecule has 0 spiro atoms. The Hall–Kier alpha value is -4.00. The van der Waals surface area contributed by atoms with Crippen molar-refractivity contribution in [3.05, 3.63) is 81.9 Å². The minimum atomic E-state index is -0.477. The van der Waals surface area contributed by atoms with Crippen LogP contribution in [0.1, 0.15) is 35.7 Å². The standard InChI is InChI=1S/C24H21N3O4/c1-2-3-14-26-21-12-11-20(18-8-5-9-19(23(18)21)24(26)29)25-22(28)13-10-16-6-4-7-17(15-16)27(30)31/h4-13,15H,2-3,14H2,1H3,(H,25,28)/b13-10+. The second-order valence-corrected chi connectivity index (χ2v) is 7.35. The summed E-state index contributed by atoms with van der Waals surface area (Å²) in [7, 11) is 0. The van der Waals surface area contributed by atoms with Gasteiger partial charge in [0.15, 0.2) is 0 Å². The fourth-order valence-corrected chi connectivity index (χ4v) is 3.78. The van der Waals surface area contributed by atoms with E-state index in [1.54, 1.807) is 23.1 Å². The van der Waals surface area contributed by atoms with Crippen LogP contribution in [0, 0.1) is 10.1 Å². The highest BCUT2D eigenvalue weighted by atomic mass is 16.6. The van der Waals surface area contributed by atoms with E-state index in [1.807, 2.05) is 24.3 Å². The molecular weight excluding hydrogens is 394 g/mol. The molecule has 2 amide bonds. The first-order chi connectivity index (χ1) is 15.0. The monoisotopic (exact) mass is 415 g/mol. The van der Waals surface area contributed by atoms with E-state index in [2.05, 4.69) is 12.2 Å². The number of nitrogens with one attached hydrogen (secondary N) is 1. The van der Waals surface area contributed by atoms with E-state index in [0.717, 1.165) is 29.3 Å². The van der Waals surface area contributed by atoms with E-state index in [0.29, 0.717) is 23.4 Å². The average molecular weight is 415 g/mol. The van der Waals surface area contributed by atoms with E-state index in [4.69, 9.17) is 0 Å². The zero-order valence-electron chi connectivity index (χ0n) is 17.0. The molecule has 1 heterocycles. The van der Waals surface area contributed by atoms with Crippen molar-refractivity contribution in [2.24, 2.45) is 0 Å². The summed E-state index contributed by atoms with van der Waals surface area (Å²) in [6.45, 7) is 2.75. The highest BCUT2D eigenvalue weighted by Crippen LogP contribution is 2.40. The molecule has 0 atom stereocenters. The van der Waals surface area contributed by atoms with Crippen LogP contribution in [0.25, 0.3) is 16.8 Å². The minimum absolute atomic E-state index is 0.0110. The second-order valence-electron chi connectivity index (χ2n) is 7.35. The third kappa shape index (κ3) is 3.90. The number of nitro benzene ring substituents is 1. The summed E-state index contributed by atoms with van der Waals surface area (Å²) in [5.74, 6) is -0.373. The van der Waals surface area contributed by atoms with Gasteiger partial charge < -0.3 is 10.2 Å². The molecule has 0 radical (unpaired) electrons. The smallest absolute Gasteiger partial charge is 0.270 e. The first-order valence-corrected chi connectivity index (χ1v) is 10.1. The van der Waals surface area contributed by atoms with Gasteiger partial charge in [-0.05, 0) is 36.3 Å². The molecular formula is C24H21N3O4. The normalized spacial score (nSPS) is 12.7. The molecule has 7 nitrogen and oxygen atoms in total. The topological polar surface area (TPSA) is 92.6 Å². The van der Waals surface area contributed by atoms with Crippen LogP contribution in [0.4, 0.5) is 17.1 Å². The maximum absolute atomic E-state index is 12.8. The molecule has 1 N–H and O–H groups in total. The Bertz CT molecular complexity index is 1230. The second kappa shape index (κ2) is 8.39. The zero-order valence-corrected chi connectivity index (χ0v) is 17.0. The van der Waals surface area contributed by atoms with E-state index in [9.17, 15) is 19.7 Å². The van der Waals surface area contributed by atoms with Gasteiger partial charge in [-0.3, -0.25) is 19.7 Å². The first-order valence-electron chi connectivity index (χ1n) is 10.1. The molecule has 0 fully saturated rings. The van der Waals surface area contributed by atoms with Crippen LogP contribution in [-0.4, -0.2) is 23.3 Å². The Morgan fingerprint density at radius 1 is 1.16 bits per heavy atom. The highest BCUT2D eigenvalue weighted by Gasteiger charge is 2.29. The lowest BCUT2D eigenvalue weighted by Gasteiger charge is -2.17. The van der Waals surface area contributed by atoms with E-state index < -0.39 is 4.92 Å². The Morgan fingerprint density at radius 2 is 1.97 bits per heavy atom. The van der Waals surface area contributed by atoms with Crippen molar-refractivity contribution in [2.75, 3.05) is 16.8 Å². The van der Waals surface area contributed by atoms with E-state index in [1.165, 1.54) is 24.3 Å². The Balaban J connectivity index is 1.60. The van der Waals surface area contributed by atoms with Gasteiger partial charge in [-0.25, -0.2) is 0 Å². The van der Waals surface area contributed by atoms with Gasteiger partial charge in [0.05, 0.1) is 10.6 Å². The molecule has 4 rings (SSSR count). The molecule has 0 bridgehead atoms. The average Bonchev–Trinajstić information content (AvgIpc) is 3.05. The summed E-state index contributed by atoms with van der Waals surface area (Å²) in [5.41, 5.74) is 2.65. The number of hydrogen-bond acceptors (Lipinski definition) is 4. The van der Waals surface area contributed by atoms with E-state index in [-0.39, 0.29) is 17.5 Å². The van der Waals surface area contributed by atoms with Gasteiger partial charge in [-0.1, -0.05) is 37.6 Å². The summed E-state index contributed by atoms with van der Waals surface area (Å²) in [6, 6.07) is 15.2. The number of carbonyl (C=O) groups is 2. The lowest BCUT2D eigenvalue weighted by molar-refractivity contribution is -0.384. The van der Waals surface area contributed by atoms with Crippen LogP contribution in [-0.2, 0) is 4.79 Å². The summed E-state index contributed by atoms with van der Waals surface area (Å²) in [6.07, 6.45) is 4.77. The maximum atomic E-state index is 12.8. The molecule has 0 aromatic heterocycles. The molecule has 0 aliphatic carbocycles. The quantitative estimate of drug-likeness (QED) is 0.328. The van der Waals surface area contributed by atoms with Crippen molar-refractivity contribution in [3.8, 4) is 0 Å². The van der Waals surface area contributed by atoms with Crippen molar-refractivity contribution in [3.63, 3.8) is 0 Å². The van der Waals surface area contributed by atoms with Crippen LogP contribution in [0.5, 0.6) is 0 Å². The van der Waals surface area contributed by atoms with Gasteiger partial charge in [0, 0.05) is 46.8 Å². The van der Waals surface area contributed by atoms with Gasteiger partial charge in [-0.15, -0.1) is 0 Å². The molecule has 7 heteroatoms. The highest BCUT2D eigenvalue weighted by molar-refractivity contribution is 6.27. The van der Waals surface area contributed by atoms with Crippen molar-refractivity contribution in [1.29, 1.82) is 0 Å². The number of nitro groups is 1. The number of nitrogens with zero attached hydrogens (tertiary/aromatic N) is 2. The lowest BCUT2D eigenvalue weighted by Crippen LogP contribution is -2.27. The number of amides is 2. The van der Waals surface area contributed by atoms with Crippen LogP contribution >= 0.6 is 0 Å². The third-order valence-electron chi connectivity index (χ3n) is 5.29. The van der Waals surface area contributed by atoms with Crippen LogP contribution in [0.3, 0.4) is 0 Å². The fourth-order valence-electron chi connectivity index (χ4n) is 3.78. The van der Waals surface area contributed by atoms with Crippen molar-refractivity contribution in [2.45, 2.75) is 19.8 Å². The number of anilines is 2. The zero-order chi connectivity index (χ0) is 22.0. The Morgan fingerprint density at radius 3 is 2.74 bits per heavy atom. The molecule has 3 aromatic rings. The number of unbranched alkanes of at least 4 members (excludes halogenated alkanes) is 1. The van der Waals surface area contributed by atoms with E-state index >= 15 is 0 Å². The van der Waals surface area contributed by atoms with Crippen LogP contribution in [0.15, 0.2) is 60.7 Å². The molecule has 3 aromatic carbocycles. The summed E-state index contributed by atoms with van der Waals surface area (Å²) < 4.78 is 0. The van der Waals surface area contributed by atoms with Crippen molar-refractivity contribution in [1.82, 2.24) is 0 Å². The summed E-state index contributed by atoms with van der Waals surface area (Å²) >= 11 is 0. The Labute approximate surface area is 179 Å². The molecule has 0 saturated carbocycles. The Kier molecular flexibility index (Phi) is 5.49. The number of hydrogen-bond donors (Lipinski definition) is 1. The molecule has 0 saturated heterocycles. The number of benzene rings is 3. The first kappa shape index (κ1) is 20.3. The van der Waals surface area contributed by atoms with Gasteiger partial charge in [-0.2, -0.15) is 0 Å². The summed E-state index contributed by atoms with van der Waals surface area (Å²) in [5, 5.41) is 15.4. The van der Waals surface area contributed by atoms with Crippen LogP contribution in [0.2, 0.25) is 0 Å². The fraction of sp³-hybridized carbons (Fsp3) is 0.167. The molecule has 156 valence electrons. The molecule has 1 aliphatic heterocycles. The van der Waals surface area contributed by atoms with Crippen molar-refractivity contribution >= 4 is 45.7 Å². The van der Waals surface area contributed by atoms with Gasteiger partial charge in [0.2, 0.25) is 5.91 Å².